The van der Waals surface area contributed by atoms with Crippen LogP contribution < -0.4 is 0 Å². The maximum Gasteiger partial charge on any atom is 0.0663 e. The monoisotopic (exact) mass is 254 g/mol. The van der Waals surface area contributed by atoms with Crippen LogP contribution in [0, 0.1) is 0 Å². The highest BCUT2D eigenvalue weighted by Crippen LogP contribution is 2.35. The van der Waals surface area contributed by atoms with E-state index in [9.17, 15) is 0 Å². The van der Waals surface area contributed by atoms with E-state index in [0.29, 0.717) is 0 Å². The second-order valence-electron chi connectivity index (χ2n) is 4.35. The minimum absolute atomic E-state index is 0.747. The van der Waals surface area contributed by atoms with Gasteiger partial charge in [-0.1, -0.05) is 23.2 Å². The molecule has 0 aliphatic carbocycles. The van der Waals surface area contributed by atoms with Crippen LogP contribution in [0.25, 0.3) is 10.9 Å². The Morgan fingerprint density at radius 2 is 2.00 bits per heavy atom. The van der Waals surface area contributed by atoms with Crippen molar-refractivity contribution in [3.8, 4) is 0 Å². The average molecular weight is 255 g/mol. The molecule has 0 radical (unpaired) electrons. The van der Waals surface area contributed by atoms with Gasteiger partial charge in [-0.25, -0.2) is 0 Å². The number of fused-ring (bicyclic) bond motifs is 3. The topological polar surface area (TPSA) is 19.0 Å². The number of benzene rings is 1. The van der Waals surface area contributed by atoms with Crippen molar-refractivity contribution >= 4 is 34.1 Å². The van der Waals surface area contributed by atoms with Crippen molar-refractivity contribution in [2.45, 2.75) is 13.0 Å². The first-order chi connectivity index (χ1) is 7.66. The van der Waals surface area contributed by atoms with Gasteiger partial charge in [-0.2, -0.15) is 0 Å². The molecule has 2 aromatic rings. The van der Waals surface area contributed by atoms with Crippen LogP contribution in [0.1, 0.15) is 11.3 Å². The number of rotatable bonds is 0. The van der Waals surface area contributed by atoms with E-state index in [2.05, 4.69) is 16.9 Å². The number of halogens is 2. The lowest BCUT2D eigenvalue weighted by atomic mass is 10.1. The van der Waals surface area contributed by atoms with Gasteiger partial charge < -0.3 is 9.88 Å². The Kier molecular flexibility index (Phi) is 2.39. The van der Waals surface area contributed by atoms with Gasteiger partial charge in [-0.05, 0) is 24.7 Å². The zero-order valence-electron chi connectivity index (χ0n) is 8.98. The summed E-state index contributed by atoms with van der Waals surface area (Å²) in [5.74, 6) is 0. The standard InChI is InChI=1S/C12H12Cl2N2/c1-16-5-4-10-7(6-16)11-8(13)2-3-9(14)12(11)15-10/h2-3,15H,4-6H2,1H3. The second kappa shape index (κ2) is 3.66. The van der Waals surface area contributed by atoms with Gasteiger partial charge in [0, 0.05) is 30.6 Å². The lowest BCUT2D eigenvalue weighted by molar-refractivity contribution is 0.313. The predicted molar refractivity (Wildman–Crippen MR) is 68.4 cm³/mol. The lowest BCUT2D eigenvalue weighted by Crippen LogP contribution is -2.26. The normalized spacial score (nSPS) is 16.7. The van der Waals surface area contributed by atoms with Gasteiger partial charge in [0.05, 0.1) is 15.6 Å². The predicted octanol–water partition coefficient (Wildman–Crippen LogP) is 3.46. The Balaban J connectivity index is 2.34. The van der Waals surface area contributed by atoms with E-state index in [0.717, 1.165) is 40.5 Å². The van der Waals surface area contributed by atoms with E-state index in [4.69, 9.17) is 23.2 Å². The fourth-order valence-electron chi connectivity index (χ4n) is 2.39. The molecule has 0 spiro atoms. The first-order valence-electron chi connectivity index (χ1n) is 5.33. The maximum atomic E-state index is 6.26. The molecule has 0 amide bonds. The molecule has 0 unspecified atom stereocenters. The molecule has 0 atom stereocenters. The molecule has 0 saturated heterocycles. The van der Waals surface area contributed by atoms with Crippen molar-refractivity contribution in [2.75, 3.05) is 13.6 Å². The molecule has 1 aliphatic heterocycles. The molecule has 0 saturated carbocycles. The van der Waals surface area contributed by atoms with E-state index < -0.39 is 0 Å². The number of hydrogen-bond donors (Lipinski definition) is 1. The van der Waals surface area contributed by atoms with Gasteiger partial charge in [0.15, 0.2) is 0 Å². The van der Waals surface area contributed by atoms with Gasteiger partial charge in [-0.3, -0.25) is 0 Å². The summed E-state index contributed by atoms with van der Waals surface area (Å²) in [6, 6.07) is 3.72. The fraction of sp³-hybridized carbons (Fsp3) is 0.333. The van der Waals surface area contributed by atoms with Gasteiger partial charge >= 0.3 is 0 Å². The maximum absolute atomic E-state index is 6.26. The van der Waals surface area contributed by atoms with Crippen LogP contribution in [0.15, 0.2) is 12.1 Å². The average Bonchev–Trinajstić information content (AvgIpc) is 2.63. The molecule has 1 aromatic carbocycles. The van der Waals surface area contributed by atoms with Crippen LogP contribution in [-0.2, 0) is 13.0 Å². The van der Waals surface area contributed by atoms with Crippen LogP contribution in [0.3, 0.4) is 0 Å². The van der Waals surface area contributed by atoms with Crippen LogP contribution in [-0.4, -0.2) is 23.5 Å². The Morgan fingerprint density at radius 1 is 1.25 bits per heavy atom. The van der Waals surface area contributed by atoms with Crippen molar-refractivity contribution in [1.82, 2.24) is 9.88 Å². The number of aromatic amines is 1. The summed E-state index contributed by atoms with van der Waals surface area (Å²) in [6.07, 6.45) is 1.03. The van der Waals surface area contributed by atoms with Gasteiger partial charge in [0.2, 0.25) is 0 Å². The van der Waals surface area contributed by atoms with Crippen LogP contribution in [0.5, 0.6) is 0 Å². The lowest BCUT2D eigenvalue weighted by Gasteiger charge is -2.22. The summed E-state index contributed by atoms with van der Waals surface area (Å²) < 4.78 is 0. The Bertz CT molecular complexity index is 560. The highest BCUT2D eigenvalue weighted by molar-refractivity contribution is 6.40. The largest absolute Gasteiger partial charge is 0.357 e. The summed E-state index contributed by atoms with van der Waals surface area (Å²) in [5, 5.41) is 2.62. The third-order valence-corrected chi connectivity index (χ3v) is 3.85. The van der Waals surface area contributed by atoms with Crippen molar-refractivity contribution < 1.29 is 0 Å². The second-order valence-corrected chi connectivity index (χ2v) is 5.16. The fourth-order valence-corrected chi connectivity index (χ4v) is 2.86. The minimum atomic E-state index is 0.747. The highest BCUT2D eigenvalue weighted by atomic mass is 35.5. The molecule has 1 aromatic heterocycles. The van der Waals surface area contributed by atoms with Crippen LogP contribution in [0.2, 0.25) is 10.0 Å². The van der Waals surface area contributed by atoms with E-state index in [1.54, 1.807) is 0 Å². The summed E-state index contributed by atoms with van der Waals surface area (Å²) in [5.41, 5.74) is 3.56. The SMILES string of the molecule is CN1CCc2[nH]c3c(Cl)ccc(Cl)c3c2C1. The minimum Gasteiger partial charge on any atom is -0.357 e. The smallest absolute Gasteiger partial charge is 0.0663 e. The Labute approximate surface area is 104 Å². The molecule has 2 nitrogen and oxygen atoms in total. The quantitative estimate of drug-likeness (QED) is 0.763. The van der Waals surface area contributed by atoms with Gasteiger partial charge in [0.1, 0.15) is 0 Å². The summed E-state index contributed by atoms with van der Waals surface area (Å²) in [6.45, 7) is 2.02. The van der Waals surface area contributed by atoms with Gasteiger partial charge in [-0.15, -0.1) is 0 Å². The number of likely N-dealkylation sites (N-methyl/N-ethyl adjacent to an activating group) is 1. The van der Waals surface area contributed by atoms with Crippen molar-refractivity contribution in [3.63, 3.8) is 0 Å². The molecule has 1 aliphatic rings. The third kappa shape index (κ3) is 1.45. The number of hydrogen-bond acceptors (Lipinski definition) is 1. The number of H-pyrrole nitrogens is 1. The molecule has 16 heavy (non-hydrogen) atoms. The molecule has 0 bridgehead atoms. The van der Waals surface area contributed by atoms with Gasteiger partial charge in [0.25, 0.3) is 0 Å². The molecule has 84 valence electrons. The number of nitrogens with one attached hydrogen (secondary N) is 1. The first-order valence-corrected chi connectivity index (χ1v) is 6.08. The van der Waals surface area contributed by atoms with E-state index in [1.165, 1.54) is 11.3 Å². The van der Waals surface area contributed by atoms with Crippen molar-refractivity contribution in [1.29, 1.82) is 0 Å². The van der Waals surface area contributed by atoms with E-state index in [-0.39, 0.29) is 0 Å². The Hall–Kier alpha value is -0.700. The molecule has 0 fully saturated rings. The molecular formula is C12H12Cl2N2. The van der Waals surface area contributed by atoms with Crippen LogP contribution in [0.4, 0.5) is 0 Å². The Morgan fingerprint density at radius 3 is 2.81 bits per heavy atom. The van der Waals surface area contributed by atoms with E-state index >= 15 is 0 Å². The van der Waals surface area contributed by atoms with Crippen molar-refractivity contribution in [2.24, 2.45) is 0 Å². The highest BCUT2D eigenvalue weighted by Gasteiger charge is 2.20. The number of nitrogens with zero attached hydrogens (tertiary/aromatic N) is 1. The third-order valence-electron chi connectivity index (χ3n) is 3.22. The molecule has 2 heterocycles. The number of aromatic nitrogens is 1. The summed E-state index contributed by atoms with van der Waals surface area (Å²) >= 11 is 12.4. The summed E-state index contributed by atoms with van der Waals surface area (Å²) in [7, 11) is 2.13. The zero-order chi connectivity index (χ0) is 11.3. The van der Waals surface area contributed by atoms with Crippen LogP contribution >= 0.6 is 23.2 Å². The molecule has 4 heteroatoms. The van der Waals surface area contributed by atoms with E-state index in [1.807, 2.05) is 12.1 Å². The summed E-state index contributed by atoms with van der Waals surface area (Å²) in [4.78, 5) is 5.70. The van der Waals surface area contributed by atoms with Crippen molar-refractivity contribution in [3.05, 3.63) is 33.4 Å². The zero-order valence-corrected chi connectivity index (χ0v) is 10.5. The molecular weight excluding hydrogens is 243 g/mol. The molecule has 1 N–H and O–H groups in total. The first kappa shape index (κ1) is 10.5. The molecule has 3 rings (SSSR count).